The first-order chi connectivity index (χ1) is 15.7. The lowest BCUT2D eigenvalue weighted by molar-refractivity contribution is 0.158. The van der Waals surface area contributed by atoms with Crippen molar-refractivity contribution in [2.45, 2.75) is 30.3 Å². The van der Waals surface area contributed by atoms with Gasteiger partial charge in [-0.3, -0.25) is 4.90 Å². The number of hydrogen-bond donors (Lipinski definition) is 0. The molecule has 0 radical (unpaired) electrons. The quantitative estimate of drug-likeness (QED) is 0.466. The Balaban J connectivity index is 1.48. The molecule has 0 amide bonds. The van der Waals surface area contributed by atoms with E-state index in [0.717, 1.165) is 53.8 Å². The molecule has 0 saturated carbocycles. The summed E-state index contributed by atoms with van der Waals surface area (Å²) in [5.74, 6) is 3.19. The Morgan fingerprint density at radius 2 is 1.59 bits per heavy atom. The monoisotopic (exact) mass is 449 g/mol. The van der Waals surface area contributed by atoms with E-state index in [-0.39, 0.29) is 0 Å². The Morgan fingerprint density at radius 3 is 2.34 bits per heavy atom. The van der Waals surface area contributed by atoms with Gasteiger partial charge in [0.1, 0.15) is 0 Å². The number of methoxy groups -OCH3 is 3. The number of ether oxygens (including phenoxy) is 3. The van der Waals surface area contributed by atoms with Crippen LogP contribution in [0.15, 0.2) is 59.5 Å². The highest BCUT2D eigenvalue weighted by Gasteiger charge is 2.35. The van der Waals surface area contributed by atoms with Gasteiger partial charge >= 0.3 is 0 Å². The van der Waals surface area contributed by atoms with Crippen molar-refractivity contribution in [3.05, 3.63) is 76.9 Å². The van der Waals surface area contributed by atoms with E-state index >= 15 is 0 Å². The average molecular weight is 450 g/mol. The van der Waals surface area contributed by atoms with Crippen molar-refractivity contribution in [2.75, 3.05) is 27.9 Å². The van der Waals surface area contributed by atoms with Crippen LogP contribution in [0.3, 0.4) is 0 Å². The Morgan fingerprint density at radius 1 is 0.844 bits per heavy atom. The van der Waals surface area contributed by atoms with Crippen LogP contribution in [-0.2, 0) is 19.4 Å². The summed E-state index contributed by atoms with van der Waals surface area (Å²) in [5.41, 5.74) is 5.19. The smallest absolute Gasteiger partial charge is 0.184 e. The minimum Gasteiger partial charge on any atom is -0.493 e. The van der Waals surface area contributed by atoms with Gasteiger partial charge in [0.05, 0.1) is 33.4 Å². The van der Waals surface area contributed by atoms with Crippen LogP contribution >= 0.6 is 12.0 Å². The second kappa shape index (κ2) is 8.96. The van der Waals surface area contributed by atoms with Crippen molar-refractivity contribution in [1.29, 1.82) is 0 Å². The SMILES string of the molecule is COc1cc2c(cc1OC)C1Cc3ccc(OC)c(OSc4ccccc4)c3CN1CC2. The molecular formula is C26H27NO4S. The summed E-state index contributed by atoms with van der Waals surface area (Å²) < 4.78 is 23.0. The van der Waals surface area contributed by atoms with Crippen LogP contribution in [0.1, 0.15) is 28.3 Å². The largest absolute Gasteiger partial charge is 0.493 e. The Hall–Kier alpha value is -2.83. The van der Waals surface area contributed by atoms with Crippen LogP contribution < -0.4 is 18.4 Å². The van der Waals surface area contributed by atoms with Crippen molar-refractivity contribution in [3.8, 4) is 23.0 Å². The zero-order valence-corrected chi connectivity index (χ0v) is 19.4. The molecule has 5 rings (SSSR count). The van der Waals surface area contributed by atoms with Crippen LogP contribution in [0.5, 0.6) is 23.0 Å². The Kier molecular flexibility index (Phi) is 5.89. The van der Waals surface area contributed by atoms with Gasteiger partial charge in [-0.15, -0.1) is 0 Å². The van der Waals surface area contributed by atoms with Gasteiger partial charge in [-0.2, -0.15) is 0 Å². The third kappa shape index (κ3) is 3.78. The van der Waals surface area contributed by atoms with Crippen molar-refractivity contribution < 1.29 is 18.4 Å². The van der Waals surface area contributed by atoms with E-state index in [4.69, 9.17) is 18.4 Å². The lowest BCUT2D eigenvalue weighted by Gasteiger charge is -2.42. The van der Waals surface area contributed by atoms with E-state index in [2.05, 4.69) is 23.1 Å². The molecule has 1 unspecified atom stereocenters. The molecule has 2 aliphatic heterocycles. The standard InChI is InChI=1S/C26H27NO4S/c1-28-23-10-9-17-13-22-20-15-25(30-3)24(29-2)14-18(20)11-12-27(22)16-21(17)26(23)31-32-19-7-5-4-6-8-19/h4-10,14-15,22H,11-13,16H2,1-3H3. The van der Waals surface area contributed by atoms with E-state index in [1.165, 1.54) is 34.3 Å². The first-order valence-corrected chi connectivity index (χ1v) is 11.5. The zero-order chi connectivity index (χ0) is 22.1. The maximum Gasteiger partial charge on any atom is 0.184 e. The van der Waals surface area contributed by atoms with E-state index in [1.807, 2.05) is 36.4 Å². The highest BCUT2D eigenvalue weighted by atomic mass is 32.2. The third-order valence-electron chi connectivity index (χ3n) is 6.39. The summed E-state index contributed by atoms with van der Waals surface area (Å²) in [6, 6.07) is 18.9. The molecule has 5 nitrogen and oxygen atoms in total. The fraction of sp³-hybridized carbons (Fsp3) is 0.308. The molecule has 3 aromatic rings. The van der Waals surface area contributed by atoms with Crippen LogP contribution in [-0.4, -0.2) is 32.8 Å². The average Bonchev–Trinajstić information content (AvgIpc) is 2.85. The summed E-state index contributed by atoms with van der Waals surface area (Å²) in [6.45, 7) is 1.82. The minimum absolute atomic E-state index is 0.314. The van der Waals surface area contributed by atoms with Gasteiger partial charge in [0.15, 0.2) is 23.0 Å². The number of fused-ring (bicyclic) bond motifs is 4. The second-order valence-electron chi connectivity index (χ2n) is 8.06. The summed E-state index contributed by atoms with van der Waals surface area (Å²) in [5, 5.41) is 0. The van der Waals surface area contributed by atoms with Crippen molar-refractivity contribution in [1.82, 2.24) is 4.90 Å². The molecule has 2 heterocycles. The van der Waals surface area contributed by atoms with E-state index in [1.54, 1.807) is 21.3 Å². The molecule has 0 saturated heterocycles. The molecule has 166 valence electrons. The molecule has 0 aromatic heterocycles. The first-order valence-electron chi connectivity index (χ1n) is 10.8. The molecule has 0 spiro atoms. The number of rotatable bonds is 6. The lowest BCUT2D eigenvalue weighted by atomic mass is 9.83. The molecule has 0 bridgehead atoms. The molecule has 0 N–H and O–H groups in total. The van der Waals surface area contributed by atoms with Gasteiger partial charge in [0.2, 0.25) is 0 Å². The van der Waals surface area contributed by atoms with Gasteiger partial charge < -0.3 is 18.4 Å². The third-order valence-corrected chi connectivity index (χ3v) is 7.11. The molecule has 0 fully saturated rings. The van der Waals surface area contributed by atoms with E-state index < -0.39 is 0 Å². The highest BCUT2D eigenvalue weighted by molar-refractivity contribution is 7.95. The van der Waals surface area contributed by atoms with Crippen molar-refractivity contribution in [3.63, 3.8) is 0 Å². The van der Waals surface area contributed by atoms with E-state index in [0.29, 0.717) is 6.04 Å². The van der Waals surface area contributed by atoms with Crippen molar-refractivity contribution >= 4 is 12.0 Å². The summed E-state index contributed by atoms with van der Waals surface area (Å²) in [7, 11) is 5.09. The fourth-order valence-corrected chi connectivity index (χ4v) is 5.38. The van der Waals surface area contributed by atoms with Gasteiger partial charge in [-0.1, -0.05) is 24.3 Å². The number of benzene rings is 3. The summed E-state index contributed by atoms with van der Waals surface area (Å²) in [4.78, 5) is 3.60. The molecule has 0 aliphatic carbocycles. The first kappa shape index (κ1) is 21.0. The molecule has 2 aliphatic rings. The maximum atomic E-state index is 6.26. The summed E-state index contributed by atoms with van der Waals surface area (Å²) in [6.07, 6.45) is 1.91. The normalized spacial score (nSPS) is 17.0. The maximum absolute atomic E-state index is 6.26. The predicted octanol–water partition coefficient (Wildman–Crippen LogP) is 5.45. The number of nitrogens with zero attached hydrogens (tertiary/aromatic N) is 1. The Bertz CT molecular complexity index is 1120. The topological polar surface area (TPSA) is 40.2 Å². The van der Waals surface area contributed by atoms with Gasteiger partial charge in [0, 0.05) is 29.6 Å². The molecule has 32 heavy (non-hydrogen) atoms. The zero-order valence-electron chi connectivity index (χ0n) is 18.6. The molecule has 3 aromatic carbocycles. The fourth-order valence-electron chi connectivity index (χ4n) is 4.75. The Labute approximate surface area is 193 Å². The van der Waals surface area contributed by atoms with Gasteiger partial charge in [0.25, 0.3) is 0 Å². The predicted molar refractivity (Wildman–Crippen MR) is 126 cm³/mol. The van der Waals surface area contributed by atoms with Crippen LogP contribution in [0.2, 0.25) is 0 Å². The minimum atomic E-state index is 0.314. The van der Waals surface area contributed by atoms with E-state index in [9.17, 15) is 0 Å². The lowest BCUT2D eigenvalue weighted by Crippen LogP contribution is -2.39. The molecule has 6 heteroatoms. The van der Waals surface area contributed by atoms with Crippen LogP contribution in [0.25, 0.3) is 0 Å². The highest BCUT2D eigenvalue weighted by Crippen LogP contribution is 2.46. The van der Waals surface area contributed by atoms with Gasteiger partial charge in [-0.25, -0.2) is 0 Å². The van der Waals surface area contributed by atoms with Crippen LogP contribution in [0.4, 0.5) is 0 Å². The van der Waals surface area contributed by atoms with Crippen molar-refractivity contribution in [2.24, 2.45) is 0 Å². The van der Waals surface area contributed by atoms with Gasteiger partial charge in [-0.05, 0) is 59.9 Å². The number of hydrogen-bond acceptors (Lipinski definition) is 6. The molecular weight excluding hydrogens is 422 g/mol. The van der Waals surface area contributed by atoms with Crippen LogP contribution in [0, 0.1) is 0 Å². The molecule has 1 atom stereocenters. The summed E-state index contributed by atoms with van der Waals surface area (Å²) >= 11 is 1.37. The second-order valence-corrected chi connectivity index (χ2v) is 8.87.